The summed E-state index contributed by atoms with van der Waals surface area (Å²) in [6.07, 6.45) is 2.74. The zero-order valence-electron chi connectivity index (χ0n) is 15.8. The maximum atomic E-state index is 13.2. The van der Waals surface area contributed by atoms with Crippen LogP contribution in [0.3, 0.4) is 0 Å². The summed E-state index contributed by atoms with van der Waals surface area (Å²) < 4.78 is 22.8. The van der Waals surface area contributed by atoms with Crippen LogP contribution in [0.2, 0.25) is 0 Å². The van der Waals surface area contributed by atoms with Gasteiger partial charge >= 0.3 is 5.97 Å². The number of amides is 2. The quantitative estimate of drug-likeness (QED) is 0.480. The van der Waals surface area contributed by atoms with Gasteiger partial charge in [-0.2, -0.15) is 0 Å². The van der Waals surface area contributed by atoms with E-state index in [4.69, 9.17) is 4.42 Å². The van der Waals surface area contributed by atoms with Crippen LogP contribution in [-0.2, 0) is 9.53 Å². The van der Waals surface area contributed by atoms with E-state index in [0.717, 1.165) is 0 Å². The lowest BCUT2D eigenvalue weighted by Crippen LogP contribution is -2.30. The molecule has 0 saturated carbocycles. The Labute approximate surface area is 171 Å². The second kappa shape index (κ2) is 9.33. The maximum absolute atomic E-state index is 13.2. The number of halogens is 1. The molecular weight excluding hydrogens is 391 g/mol. The molecule has 3 aromatic rings. The summed E-state index contributed by atoms with van der Waals surface area (Å²) in [7, 11) is 1.27. The first-order valence-electron chi connectivity index (χ1n) is 8.78. The van der Waals surface area contributed by atoms with Crippen molar-refractivity contribution in [3.05, 3.63) is 95.3 Å². The Kier molecular flexibility index (Phi) is 6.39. The van der Waals surface area contributed by atoms with Crippen molar-refractivity contribution in [1.82, 2.24) is 5.32 Å². The molecule has 2 amide bonds. The smallest absolute Gasteiger partial charge is 0.337 e. The number of esters is 1. The zero-order valence-corrected chi connectivity index (χ0v) is 15.8. The van der Waals surface area contributed by atoms with Gasteiger partial charge in [0, 0.05) is 5.69 Å². The lowest BCUT2D eigenvalue weighted by atomic mass is 10.1. The highest BCUT2D eigenvalue weighted by atomic mass is 19.1. The van der Waals surface area contributed by atoms with E-state index < -0.39 is 23.6 Å². The molecule has 1 aromatic heterocycles. The SMILES string of the molecule is COC(=O)c1ccc(NC(=O)C(=Cc2ccc(F)cc2)NC(=O)c2ccco2)cc1. The van der Waals surface area contributed by atoms with Crippen molar-refractivity contribution in [1.29, 1.82) is 0 Å². The van der Waals surface area contributed by atoms with E-state index in [1.807, 2.05) is 0 Å². The molecule has 3 rings (SSSR count). The molecule has 8 heteroatoms. The molecule has 2 aromatic carbocycles. The van der Waals surface area contributed by atoms with Gasteiger partial charge in [0.15, 0.2) is 5.76 Å². The number of methoxy groups -OCH3 is 1. The van der Waals surface area contributed by atoms with E-state index >= 15 is 0 Å². The Morgan fingerprint density at radius 3 is 2.30 bits per heavy atom. The predicted molar refractivity (Wildman–Crippen MR) is 107 cm³/mol. The number of ether oxygens (including phenoxy) is 1. The van der Waals surface area contributed by atoms with Gasteiger partial charge in [-0.05, 0) is 60.2 Å². The van der Waals surface area contributed by atoms with Crippen molar-refractivity contribution >= 4 is 29.5 Å². The van der Waals surface area contributed by atoms with E-state index in [2.05, 4.69) is 15.4 Å². The normalized spacial score (nSPS) is 10.9. The van der Waals surface area contributed by atoms with Crippen molar-refractivity contribution in [3.8, 4) is 0 Å². The molecule has 7 nitrogen and oxygen atoms in total. The second-order valence-electron chi connectivity index (χ2n) is 6.06. The average molecular weight is 408 g/mol. The van der Waals surface area contributed by atoms with Crippen LogP contribution in [0.1, 0.15) is 26.5 Å². The van der Waals surface area contributed by atoms with Crippen molar-refractivity contribution in [2.75, 3.05) is 12.4 Å². The third-order valence-electron chi connectivity index (χ3n) is 3.98. The topological polar surface area (TPSA) is 97.6 Å². The summed E-state index contributed by atoms with van der Waals surface area (Å²) in [5.74, 6) is -2.15. The minimum Gasteiger partial charge on any atom is -0.465 e. The van der Waals surface area contributed by atoms with Crippen LogP contribution in [-0.4, -0.2) is 24.9 Å². The van der Waals surface area contributed by atoms with E-state index in [1.54, 1.807) is 6.07 Å². The molecule has 152 valence electrons. The molecule has 0 saturated heterocycles. The molecule has 1 heterocycles. The molecular formula is C22H17FN2O5. The molecule has 30 heavy (non-hydrogen) atoms. The Hall–Kier alpha value is -4.20. The largest absolute Gasteiger partial charge is 0.465 e. The van der Waals surface area contributed by atoms with Gasteiger partial charge in [-0.15, -0.1) is 0 Å². The van der Waals surface area contributed by atoms with Crippen LogP contribution >= 0.6 is 0 Å². The van der Waals surface area contributed by atoms with Gasteiger partial charge in [-0.1, -0.05) is 12.1 Å². The van der Waals surface area contributed by atoms with E-state index in [-0.39, 0.29) is 11.5 Å². The van der Waals surface area contributed by atoms with Gasteiger partial charge in [0.25, 0.3) is 11.8 Å². The standard InChI is InChI=1S/C22H17FN2O5/c1-29-22(28)15-6-10-17(11-7-15)24-20(26)18(13-14-4-8-16(23)9-5-14)25-21(27)19-3-2-12-30-19/h2-13H,1H3,(H,24,26)(H,25,27). The lowest BCUT2D eigenvalue weighted by Gasteiger charge is -2.11. The van der Waals surface area contributed by atoms with Gasteiger partial charge in [0.05, 0.1) is 18.9 Å². The fourth-order valence-corrected chi connectivity index (χ4v) is 2.48. The molecule has 0 aliphatic heterocycles. The highest BCUT2D eigenvalue weighted by Crippen LogP contribution is 2.14. The fraction of sp³-hybridized carbons (Fsp3) is 0.0455. The van der Waals surface area contributed by atoms with Gasteiger partial charge in [-0.25, -0.2) is 9.18 Å². The van der Waals surface area contributed by atoms with Crippen LogP contribution in [0.25, 0.3) is 6.08 Å². The highest BCUT2D eigenvalue weighted by molar-refractivity contribution is 6.10. The molecule has 0 spiro atoms. The Balaban J connectivity index is 1.83. The fourth-order valence-electron chi connectivity index (χ4n) is 2.48. The average Bonchev–Trinajstić information content (AvgIpc) is 3.30. The highest BCUT2D eigenvalue weighted by Gasteiger charge is 2.17. The van der Waals surface area contributed by atoms with Gasteiger partial charge < -0.3 is 19.8 Å². The van der Waals surface area contributed by atoms with Crippen molar-refractivity contribution in [2.24, 2.45) is 0 Å². The lowest BCUT2D eigenvalue weighted by molar-refractivity contribution is -0.113. The number of furan rings is 1. The molecule has 0 unspecified atom stereocenters. The third-order valence-corrected chi connectivity index (χ3v) is 3.98. The van der Waals surface area contributed by atoms with Gasteiger partial charge in [-0.3, -0.25) is 9.59 Å². The van der Waals surface area contributed by atoms with Crippen LogP contribution in [0, 0.1) is 5.82 Å². The first-order valence-corrected chi connectivity index (χ1v) is 8.78. The molecule has 0 aliphatic rings. The minimum atomic E-state index is -0.621. The summed E-state index contributed by atoms with van der Waals surface area (Å²) in [5.41, 5.74) is 1.14. The summed E-state index contributed by atoms with van der Waals surface area (Å²) in [6, 6.07) is 14.4. The van der Waals surface area contributed by atoms with Gasteiger partial charge in [0.1, 0.15) is 11.5 Å². The van der Waals surface area contributed by atoms with E-state index in [0.29, 0.717) is 16.8 Å². The molecule has 0 bridgehead atoms. The van der Waals surface area contributed by atoms with E-state index in [9.17, 15) is 18.8 Å². The first kappa shape index (κ1) is 20.5. The number of rotatable bonds is 6. The number of carbonyl (C=O) groups excluding carboxylic acids is 3. The number of hydrogen-bond acceptors (Lipinski definition) is 5. The van der Waals surface area contributed by atoms with Crippen molar-refractivity contribution in [3.63, 3.8) is 0 Å². The van der Waals surface area contributed by atoms with Crippen LogP contribution in [0.5, 0.6) is 0 Å². The molecule has 0 fully saturated rings. The number of nitrogens with one attached hydrogen (secondary N) is 2. The third kappa shape index (κ3) is 5.20. The monoisotopic (exact) mass is 408 g/mol. The first-order chi connectivity index (χ1) is 14.5. The van der Waals surface area contributed by atoms with E-state index in [1.165, 1.54) is 74.0 Å². The van der Waals surface area contributed by atoms with Crippen molar-refractivity contribution in [2.45, 2.75) is 0 Å². The zero-order chi connectivity index (χ0) is 21.5. The maximum Gasteiger partial charge on any atom is 0.337 e. The number of carbonyl (C=O) groups is 3. The summed E-state index contributed by atoms with van der Waals surface area (Å²) >= 11 is 0. The van der Waals surface area contributed by atoms with Crippen molar-refractivity contribution < 1.29 is 27.9 Å². The second-order valence-corrected chi connectivity index (χ2v) is 6.06. The predicted octanol–water partition coefficient (Wildman–Crippen LogP) is 3.61. The molecule has 0 aliphatic carbocycles. The summed E-state index contributed by atoms with van der Waals surface area (Å²) in [4.78, 5) is 36.6. The summed E-state index contributed by atoms with van der Waals surface area (Å²) in [6.45, 7) is 0. The molecule has 2 N–H and O–H groups in total. The van der Waals surface area contributed by atoms with Crippen LogP contribution < -0.4 is 10.6 Å². The Morgan fingerprint density at radius 2 is 1.70 bits per heavy atom. The number of benzene rings is 2. The molecule has 0 radical (unpaired) electrons. The number of hydrogen-bond donors (Lipinski definition) is 2. The minimum absolute atomic E-state index is 0.0234. The number of anilines is 1. The Bertz CT molecular complexity index is 1070. The Morgan fingerprint density at radius 1 is 1.00 bits per heavy atom. The van der Waals surface area contributed by atoms with Gasteiger partial charge in [0.2, 0.25) is 0 Å². The molecule has 0 atom stereocenters. The van der Waals surface area contributed by atoms with Crippen LogP contribution in [0.4, 0.5) is 10.1 Å². The summed E-state index contributed by atoms with van der Waals surface area (Å²) in [5, 5.41) is 5.12. The van der Waals surface area contributed by atoms with Crippen LogP contribution in [0.15, 0.2) is 77.0 Å².